The summed E-state index contributed by atoms with van der Waals surface area (Å²) in [5.41, 5.74) is 0.849. The number of benzene rings is 1. The van der Waals surface area contributed by atoms with Crippen LogP contribution in [0.15, 0.2) is 18.2 Å². The lowest BCUT2D eigenvalue weighted by Crippen LogP contribution is -2.06. The van der Waals surface area contributed by atoms with Crippen molar-refractivity contribution < 1.29 is 14.6 Å². The average Bonchev–Trinajstić information content (AvgIpc) is 2.26. The van der Waals surface area contributed by atoms with Crippen molar-refractivity contribution in [3.05, 3.63) is 18.2 Å². The van der Waals surface area contributed by atoms with Crippen LogP contribution >= 0.6 is 0 Å². The summed E-state index contributed by atoms with van der Waals surface area (Å²) in [7, 11) is 3.20. The second kappa shape index (κ2) is 5.34. The van der Waals surface area contributed by atoms with Crippen LogP contribution in [0, 0.1) is 0 Å². The Kier molecular flexibility index (Phi) is 4.07. The Balaban J connectivity index is 2.82. The van der Waals surface area contributed by atoms with Crippen LogP contribution in [0.1, 0.15) is 0 Å². The third-order valence-corrected chi connectivity index (χ3v) is 1.84. The van der Waals surface area contributed by atoms with Gasteiger partial charge in [-0.25, -0.2) is 0 Å². The number of methoxy groups -OCH3 is 2. The maximum absolute atomic E-state index is 8.66. The van der Waals surface area contributed by atoms with Gasteiger partial charge in [-0.3, -0.25) is 0 Å². The monoisotopic (exact) mass is 197 g/mol. The smallest absolute Gasteiger partial charge is 0.145 e. The zero-order chi connectivity index (χ0) is 10.4. The molecule has 0 amide bonds. The number of aliphatic hydroxyl groups excluding tert-OH is 1. The van der Waals surface area contributed by atoms with E-state index >= 15 is 0 Å². The normalized spacial score (nSPS) is 9.64. The maximum atomic E-state index is 8.66. The van der Waals surface area contributed by atoms with E-state index < -0.39 is 0 Å². The van der Waals surface area contributed by atoms with Crippen LogP contribution in [0.2, 0.25) is 0 Å². The first-order chi connectivity index (χ1) is 6.81. The summed E-state index contributed by atoms with van der Waals surface area (Å²) in [4.78, 5) is 0. The van der Waals surface area contributed by atoms with E-state index in [1.807, 2.05) is 12.1 Å². The first-order valence-electron chi connectivity index (χ1n) is 4.38. The van der Waals surface area contributed by atoms with E-state index in [2.05, 4.69) is 5.32 Å². The molecule has 2 N–H and O–H groups in total. The Morgan fingerprint density at radius 3 is 2.64 bits per heavy atom. The fraction of sp³-hybridized carbons (Fsp3) is 0.400. The van der Waals surface area contributed by atoms with Crippen LogP contribution in [0.3, 0.4) is 0 Å². The summed E-state index contributed by atoms with van der Waals surface area (Å²) in [6, 6.07) is 5.48. The van der Waals surface area contributed by atoms with Crippen molar-refractivity contribution in [3.8, 4) is 11.5 Å². The van der Waals surface area contributed by atoms with E-state index in [1.165, 1.54) is 0 Å². The van der Waals surface area contributed by atoms with Crippen molar-refractivity contribution in [1.29, 1.82) is 0 Å². The van der Waals surface area contributed by atoms with Gasteiger partial charge in [0, 0.05) is 12.6 Å². The molecule has 0 heterocycles. The Morgan fingerprint density at radius 1 is 1.29 bits per heavy atom. The first kappa shape index (κ1) is 10.7. The topological polar surface area (TPSA) is 50.7 Å². The Labute approximate surface area is 83.5 Å². The van der Waals surface area contributed by atoms with Gasteiger partial charge in [0.1, 0.15) is 11.5 Å². The van der Waals surface area contributed by atoms with Crippen LogP contribution in [0.4, 0.5) is 5.69 Å². The fourth-order valence-electron chi connectivity index (χ4n) is 1.14. The zero-order valence-electron chi connectivity index (χ0n) is 8.41. The molecule has 0 radical (unpaired) electrons. The van der Waals surface area contributed by atoms with E-state index in [4.69, 9.17) is 14.6 Å². The molecule has 0 aliphatic rings. The molecule has 4 heteroatoms. The highest BCUT2D eigenvalue weighted by Gasteiger charge is 2.03. The van der Waals surface area contributed by atoms with Crippen LogP contribution < -0.4 is 14.8 Å². The predicted molar refractivity (Wildman–Crippen MR) is 55.1 cm³/mol. The highest BCUT2D eigenvalue weighted by molar-refractivity contribution is 5.59. The van der Waals surface area contributed by atoms with E-state index in [0.717, 1.165) is 11.4 Å². The fourth-order valence-corrected chi connectivity index (χ4v) is 1.14. The van der Waals surface area contributed by atoms with Crippen molar-refractivity contribution in [2.24, 2.45) is 0 Å². The molecule has 0 aliphatic carbocycles. The van der Waals surface area contributed by atoms with Gasteiger partial charge in [-0.2, -0.15) is 0 Å². The molecular weight excluding hydrogens is 182 g/mol. The second-order valence-electron chi connectivity index (χ2n) is 2.72. The van der Waals surface area contributed by atoms with Crippen molar-refractivity contribution in [1.82, 2.24) is 0 Å². The van der Waals surface area contributed by atoms with Crippen molar-refractivity contribution >= 4 is 5.69 Å². The van der Waals surface area contributed by atoms with Gasteiger partial charge in [0.2, 0.25) is 0 Å². The highest BCUT2D eigenvalue weighted by atomic mass is 16.5. The average molecular weight is 197 g/mol. The quantitative estimate of drug-likeness (QED) is 0.742. The Morgan fingerprint density at radius 2 is 2.07 bits per heavy atom. The number of aliphatic hydroxyl groups is 1. The van der Waals surface area contributed by atoms with Crippen molar-refractivity contribution in [3.63, 3.8) is 0 Å². The zero-order valence-corrected chi connectivity index (χ0v) is 8.41. The van der Waals surface area contributed by atoms with Crippen molar-refractivity contribution in [2.45, 2.75) is 0 Å². The molecule has 1 rings (SSSR count). The minimum Gasteiger partial charge on any atom is -0.497 e. The third-order valence-electron chi connectivity index (χ3n) is 1.84. The summed E-state index contributed by atoms with van der Waals surface area (Å²) in [5, 5.41) is 11.7. The number of rotatable bonds is 5. The first-order valence-corrected chi connectivity index (χ1v) is 4.38. The number of hydrogen-bond donors (Lipinski definition) is 2. The molecule has 0 bridgehead atoms. The summed E-state index contributed by atoms with van der Waals surface area (Å²) in [6.45, 7) is 0.595. The molecule has 0 saturated carbocycles. The van der Waals surface area contributed by atoms with Gasteiger partial charge in [0.15, 0.2) is 0 Å². The molecule has 78 valence electrons. The predicted octanol–water partition coefficient (Wildman–Crippen LogP) is 1.11. The maximum Gasteiger partial charge on any atom is 0.145 e. The summed E-state index contributed by atoms with van der Waals surface area (Å²) in [5.74, 6) is 1.45. The number of hydrogen-bond acceptors (Lipinski definition) is 4. The minimum atomic E-state index is 0.0924. The molecule has 0 fully saturated rings. The largest absolute Gasteiger partial charge is 0.497 e. The van der Waals surface area contributed by atoms with E-state index in [1.54, 1.807) is 20.3 Å². The van der Waals surface area contributed by atoms with Crippen LogP contribution in [-0.4, -0.2) is 32.5 Å². The standard InChI is InChI=1S/C10H15NO3/c1-13-8-3-4-9(11-5-6-12)10(7-8)14-2/h3-4,7,11-12H,5-6H2,1-2H3. The molecule has 0 spiro atoms. The van der Waals surface area contributed by atoms with Gasteiger partial charge in [0.05, 0.1) is 26.5 Å². The van der Waals surface area contributed by atoms with Gasteiger partial charge < -0.3 is 19.9 Å². The summed E-state index contributed by atoms with van der Waals surface area (Å²) < 4.78 is 10.2. The molecule has 1 aromatic carbocycles. The number of nitrogens with one attached hydrogen (secondary N) is 1. The molecule has 0 atom stereocenters. The Hall–Kier alpha value is -1.42. The Bertz CT molecular complexity index is 289. The van der Waals surface area contributed by atoms with Crippen LogP contribution in [0.25, 0.3) is 0 Å². The molecule has 14 heavy (non-hydrogen) atoms. The van der Waals surface area contributed by atoms with Gasteiger partial charge in [-0.1, -0.05) is 0 Å². The van der Waals surface area contributed by atoms with Crippen molar-refractivity contribution in [2.75, 3.05) is 32.7 Å². The molecule has 0 aliphatic heterocycles. The SMILES string of the molecule is COc1ccc(NCCO)c(OC)c1. The second-order valence-corrected chi connectivity index (χ2v) is 2.72. The summed E-state index contributed by atoms with van der Waals surface area (Å²) >= 11 is 0. The number of anilines is 1. The molecule has 4 nitrogen and oxygen atoms in total. The van der Waals surface area contributed by atoms with Gasteiger partial charge >= 0.3 is 0 Å². The summed E-state index contributed by atoms with van der Waals surface area (Å²) in [6.07, 6.45) is 0. The molecular formula is C10H15NO3. The van der Waals surface area contributed by atoms with E-state index in [-0.39, 0.29) is 6.61 Å². The molecule has 1 aromatic rings. The molecule has 0 unspecified atom stereocenters. The van der Waals surface area contributed by atoms with Crippen LogP contribution in [-0.2, 0) is 0 Å². The lowest BCUT2D eigenvalue weighted by molar-refractivity contribution is 0.311. The number of ether oxygens (including phenoxy) is 2. The lowest BCUT2D eigenvalue weighted by Gasteiger charge is -2.11. The van der Waals surface area contributed by atoms with Gasteiger partial charge in [-0.05, 0) is 12.1 Å². The van der Waals surface area contributed by atoms with E-state index in [0.29, 0.717) is 12.3 Å². The van der Waals surface area contributed by atoms with Gasteiger partial charge in [-0.15, -0.1) is 0 Å². The van der Waals surface area contributed by atoms with E-state index in [9.17, 15) is 0 Å². The molecule has 0 saturated heterocycles. The lowest BCUT2D eigenvalue weighted by atomic mass is 10.2. The third kappa shape index (κ3) is 2.53. The van der Waals surface area contributed by atoms with Gasteiger partial charge in [0.25, 0.3) is 0 Å². The van der Waals surface area contributed by atoms with Crippen LogP contribution in [0.5, 0.6) is 11.5 Å². The highest BCUT2D eigenvalue weighted by Crippen LogP contribution is 2.28. The molecule has 0 aromatic heterocycles. The minimum absolute atomic E-state index is 0.0924.